The molecule has 1 aromatic carbocycles. The van der Waals surface area contributed by atoms with Gasteiger partial charge in [0.25, 0.3) is 0 Å². The number of hydrogen-bond donors (Lipinski definition) is 2. The number of aromatic nitrogens is 3. The predicted octanol–water partition coefficient (Wildman–Crippen LogP) is 2.91. The van der Waals surface area contributed by atoms with Gasteiger partial charge in [-0.15, -0.1) is 0 Å². The molecule has 2 N–H and O–H groups in total. The van der Waals surface area contributed by atoms with Gasteiger partial charge in [0.1, 0.15) is 6.61 Å². The van der Waals surface area contributed by atoms with Crippen LogP contribution in [0.1, 0.15) is 40.3 Å². The minimum atomic E-state index is -0.751. The lowest BCUT2D eigenvalue weighted by Gasteiger charge is -2.29. The fourth-order valence-corrected chi connectivity index (χ4v) is 3.79. The highest BCUT2D eigenvalue weighted by Gasteiger charge is 2.34. The van der Waals surface area contributed by atoms with Gasteiger partial charge in [-0.2, -0.15) is 5.10 Å². The van der Waals surface area contributed by atoms with Gasteiger partial charge in [0.05, 0.1) is 35.2 Å². The minimum Gasteiger partial charge on any atom is -0.463 e. The number of pyridine rings is 1. The summed E-state index contributed by atoms with van der Waals surface area (Å²) in [6.45, 7) is 5.30. The van der Waals surface area contributed by atoms with Gasteiger partial charge >= 0.3 is 18.0 Å². The van der Waals surface area contributed by atoms with Crippen LogP contribution in [0.5, 0.6) is 0 Å². The molecule has 0 radical (unpaired) electrons. The first kappa shape index (κ1) is 23.7. The zero-order valence-electron chi connectivity index (χ0n) is 19.6. The van der Waals surface area contributed by atoms with Crippen LogP contribution >= 0.6 is 0 Å². The summed E-state index contributed by atoms with van der Waals surface area (Å²) in [7, 11) is 0. The van der Waals surface area contributed by atoms with E-state index < -0.39 is 24.0 Å². The molecule has 0 saturated heterocycles. The first-order chi connectivity index (χ1) is 16.9. The van der Waals surface area contributed by atoms with E-state index in [9.17, 15) is 14.4 Å². The number of carbonyl (C=O) groups is 3. The van der Waals surface area contributed by atoms with Crippen LogP contribution in [-0.4, -0.2) is 45.9 Å². The molecule has 1 aliphatic rings. The van der Waals surface area contributed by atoms with Crippen LogP contribution in [0.15, 0.2) is 66.0 Å². The number of carbonyl (C=O) groups excluding carboxylic acids is 3. The molecule has 0 spiro atoms. The zero-order valence-corrected chi connectivity index (χ0v) is 19.6. The van der Waals surface area contributed by atoms with Gasteiger partial charge in [-0.1, -0.05) is 30.3 Å². The van der Waals surface area contributed by atoms with Gasteiger partial charge in [0.15, 0.2) is 5.82 Å². The molecule has 0 fully saturated rings. The molecule has 0 saturated carbocycles. The Hall–Kier alpha value is -4.47. The minimum absolute atomic E-state index is 0.151. The van der Waals surface area contributed by atoms with Gasteiger partial charge in [-0.3, -0.25) is 0 Å². The van der Waals surface area contributed by atoms with E-state index in [1.807, 2.05) is 26.0 Å². The van der Waals surface area contributed by atoms with Crippen LogP contribution in [0, 0.1) is 13.8 Å². The van der Waals surface area contributed by atoms with E-state index in [2.05, 4.69) is 20.7 Å². The van der Waals surface area contributed by atoms with Crippen molar-refractivity contribution in [1.82, 2.24) is 25.4 Å². The zero-order chi connectivity index (χ0) is 24.9. The number of esters is 2. The number of nitrogens with one attached hydrogen (secondary N) is 2. The van der Waals surface area contributed by atoms with Crippen LogP contribution in [0.4, 0.5) is 4.79 Å². The number of ether oxygens (including phenoxy) is 2. The molecule has 1 aliphatic heterocycles. The van der Waals surface area contributed by atoms with Gasteiger partial charge in [0, 0.05) is 11.9 Å². The Morgan fingerprint density at radius 3 is 2.46 bits per heavy atom. The third-order valence-corrected chi connectivity index (χ3v) is 5.34. The van der Waals surface area contributed by atoms with Crippen LogP contribution in [0.2, 0.25) is 0 Å². The standard InChI is InChI=1S/C25H25N5O5/c1-4-34-24(32)21-19(27-25(33)28-22(21)17-8-6-5-7-9-17)14-35-23(31)18-10-11-20(26-13-18)30-16(3)12-15(2)29-30/h5-13,22H,4,14H2,1-3H3,(H2,27,28,33). The molecule has 3 aromatic rings. The molecule has 4 rings (SSSR count). The van der Waals surface area contributed by atoms with E-state index in [1.54, 1.807) is 48.0 Å². The van der Waals surface area contributed by atoms with Crippen LogP contribution in [-0.2, 0) is 14.3 Å². The highest BCUT2D eigenvalue weighted by Crippen LogP contribution is 2.28. The van der Waals surface area contributed by atoms with Crippen molar-refractivity contribution in [1.29, 1.82) is 0 Å². The Morgan fingerprint density at radius 2 is 1.83 bits per heavy atom. The van der Waals surface area contributed by atoms with Crippen molar-refractivity contribution in [2.45, 2.75) is 26.8 Å². The third kappa shape index (κ3) is 5.21. The largest absolute Gasteiger partial charge is 0.463 e. The number of amides is 2. The molecule has 180 valence electrons. The topological polar surface area (TPSA) is 124 Å². The van der Waals surface area contributed by atoms with Crippen LogP contribution < -0.4 is 10.6 Å². The summed E-state index contributed by atoms with van der Waals surface area (Å²) in [6, 6.07) is 12.9. The summed E-state index contributed by atoms with van der Waals surface area (Å²) in [4.78, 5) is 42.1. The summed E-state index contributed by atoms with van der Waals surface area (Å²) < 4.78 is 12.3. The fraction of sp³-hybridized carbons (Fsp3) is 0.240. The van der Waals surface area contributed by atoms with Crippen molar-refractivity contribution in [3.63, 3.8) is 0 Å². The molecule has 3 heterocycles. The number of benzene rings is 1. The van der Waals surface area contributed by atoms with Crippen molar-refractivity contribution in [3.8, 4) is 5.82 Å². The second-order valence-corrected chi connectivity index (χ2v) is 7.87. The smallest absolute Gasteiger partial charge is 0.340 e. The molecule has 1 atom stereocenters. The number of rotatable bonds is 7. The number of aryl methyl sites for hydroxylation is 2. The highest BCUT2D eigenvalue weighted by atomic mass is 16.5. The normalized spacial score (nSPS) is 15.3. The molecule has 1 unspecified atom stereocenters. The molecule has 10 nitrogen and oxygen atoms in total. The van der Waals surface area contributed by atoms with E-state index >= 15 is 0 Å². The summed E-state index contributed by atoms with van der Waals surface area (Å²) in [5, 5.41) is 9.68. The predicted molar refractivity (Wildman–Crippen MR) is 126 cm³/mol. The molecule has 0 aliphatic carbocycles. The number of urea groups is 1. The maximum atomic E-state index is 12.8. The second-order valence-electron chi connectivity index (χ2n) is 7.87. The quantitative estimate of drug-likeness (QED) is 0.504. The molecule has 0 bridgehead atoms. The van der Waals surface area contributed by atoms with E-state index in [0.717, 1.165) is 11.4 Å². The molecular weight excluding hydrogens is 450 g/mol. The van der Waals surface area contributed by atoms with E-state index in [4.69, 9.17) is 9.47 Å². The average molecular weight is 476 g/mol. The maximum absolute atomic E-state index is 12.8. The average Bonchev–Trinajstić information content (AvgIpc) is 3.20. The van der Waals surface area contributed by atoms with Crippen molar-refractivity contribution in [2.75, 3.05) is 13.2 Å². The van der Waals surface area contributed by atoms with E-state index in [1.165, 1.54) is 6.20 Å². The van der Waals surface area contributed by atoms with E-state index in [-0.39, 0.29) is 30.0 Å². The lowest BCUT2D eigenvalue weighted by atomic mass is 9.95. The first-order valence-electron chi connectivity index (χ1n) is 11.1. The Kier molecular flexibility index (Phi) is 6.91. The lowest BCUT2D eigenvalue weighted by Crippen LogP contribution is -2.47. The number of hydrogen-bond acceptors (Lipinski definition) is 7. The van der Waals surface area contributed by atoms with Crippen molar-refractivity contribution in [3.05, 3.63) is 88.5 Å². The monoisotopic (exact) mass is 475 g/mol. The summed E-state index contributed by atoms with van der Waals surface area (Å²) in [6.07, 6.45) is 1.39. The molecular formula is C25H25N5O5. The SMILES string of the molecule is CCOC(=O)C1=C(COC(=O)c2ccc(-n3nc(C)cc3C)nc2)NC(=O)NC1c1ccccc1. The van der Waals surface area contributed by atoms with Crippen LogP contribution in [0.25, 0.3) is 5.82 Å². The van der Waals surface area contributed by atoms with Crippen LogP contribution in [0.3, 0.4) is 0 Å². The molecule has 35 heavy (non-hydrogen) atoms. The van der Waals surface area contributed by atoms with Gasteiger partial charge in [-0.05, 0) is 44.5 Å². The number of nitrogens with zero attached hydrogens (tertiary/aromatic N) is 3. The third-order valence-electron chi connectivity index (χ3n) is 5.34. The lowest BCUT2D eigenvalue weighted by molar-refractivity contribution is -0.139. The Balaban J connectivity index is 1.55. The first-order valence-corrected chi connectivity index (χ1v) is 11.1. The van der Waals surface area contributed by atoms with Gasteiger partial charge in [0.2, 0.25) is 0 Å². The Labute approximate surface area is 202 Å². The Morgan fingerprint density at radius 1 is 1.06 bits per heavy atom. The summed E-state index contributed by atoms with van der Waals surface area (Å²) in [5.74, 6) is -0.705. The van der Waals surface area contributed by atoms with Gasteiger partial charge in [-0.25, -0.2) is 24.0 Å². The Bertz CT molecular complexity index is 1280. The van der Waals surface area contributed by atoms with Gasteiger partial charge < -0.3 is 20.1 Å². The maximum Gasteiger partial charge on any atom is 0.340 e. The van der Waals surface area contributed by atoms with Crippen molar-refractivity contribution < 1.29 is 23.9 Å². The highest BCUT2D eigenvalue weighted by molar-refractivity contribution is 5.95. The summed E-state index contributed by atoms with van der Waals surface area (Å²) >= 11 is 0. The molecule has 2 aromatic heterocycles. The van der Waals surface area contributed by atoms with Crippen molar-refractivity contribution >= 4 is 18.0 Å². The summed E-state index contributed by atoms with van der Waals surface area (Å²) in [5.41, 5.74) is 3.01. The van der Waals surface area contributed by atoms with E-state index in [0.29, 0.717) is 11.4 Å². The fourth-order valence-electron chi connectivity index (χ4n) is 3.79. The molecule has 10 heteroatoms. The second kappa shape index (κ2) is 10.2. The van der Waals surface area contributed by atoms with Crippen molar-refractivity contribution in [2.24, 2.45) is 0 Å². The molecule has 2 amide bonds.